The Morgan fingerprint density at radius 3 is 1.50 bits per heavy atom. The largest absolute Gasteiger partial charge is 0.494 e. The molecule has 0 aliphatic heterocycles. The molecule has 0 heterocycles. The maximum atomic E-state index is 6.45. The minimum absolute atomic E-state index is 0.563. The van der Waals surface area contributed by atoms with E-state index in [9.17, 15) is 0 Å². The van der Waals surface area contributed by atoms with E-state index in [2.05, 4.69) is 89.0 Å². The van der Waals surface area contributed by atoms with Crippen LogP contribution in [0.5, 0.6) is 11.5 Å². The summed E-state index contributed by atoms with van der Waals surface area (Å²) in [6, 6.07) is 12.9. The molecule has 1 atom stereocenters. The van der Waals surface area contributed by atoms with Crippen LogP contribution in [0.25, 0.3) is 0 Å². The summed E-state index contributed by atoms with van der Waals surface area (Å²) in [4.78, 5) is 0. The number of unbranched alkanes of at least 4 members (excludes halogenated alkanes) is 24. The van der Waals surface area contributed by atoms with Crippen molar-refractivity contribution in [2.75, 3.05) is 13.2 Å². The van der Waals surface area contributed by atoms with Gasteiger partial charge in [-0.15, -0.1) is 0 Å². The molecule has 0 aromatic heterocycles. The quantitative estimate of drug-likeness (QED) is 0.0655. The van der Waals surface area contributed by atoms with Gasteiger partial charge in [-0.05, 0) is 66.3 Å². The van der Waals surface area contributed by atoms with Crippen LogP contribution in [0.4, 0.5) is 0 Å². The van der Waals surface area contributed by atoms with Gasteiger partial charge in [0.15, 0.2) is 0 Å². The molecule has 1 unspecified atom stereocenters. The standard InChI is InChI=1S/C46H76Br2O2/c1-4-6-8-10-12-14-16-18-19-21-23-25-27-29-35-49-44-32-33-45(48)41(38-44)36-42-37-43(47)31-34-46(42)50-39-40(3)30-28-26-24-22-20-17-15-13-11-9-7-5-2/h31-34,37-38,40H,4-30,35-36,39H2,1-3H3. The molecular weight excluding hydrogens is 744 g/mol. The van der Waals surface area contributed by atoms with Gasteiger partial charge in [-0.1, -0.05) is 213 Å². The van der Waals surface area contributed by atoms with Gasteiger partial charge in [-0.2, -0.15) is 0 Å². The van der Waals surface area contributed by atoms with Crippen molar-refractivity contribution in [3.8, 4) is 11.5 Å². The Morgan fingerprint density at radius 1 is 0.500 bits per heavy atom. The summed E-state index contributed by atoms with van der Waals surface area (Å²) in [6.45, 7) is 8.50. The van der Waals surface area contributed by atoms with Crippen molar-refractivity contribution in [3.63, 3.8) is 0 Å². The van der Waals surface area contributed by atoms with Crippen molar-refractivity contribution in [2.45, 2.75) is 201 Å². The smallest absolute Gasteiger partial charge is 0.122 e. The monoisotopic (exact) mass is 818 g/mol. The van der Waals surface area contributed by atoms with Crippen LogP contribution in [-0.2, 0) is 6.42 Å². The second-order valence-electron chi connectivity index (χ2n) is 15.2. The number of rotatable bonds is 34. The van der Waals surface area contributed by atoms with Crippen LogP contribution in [0, 0.1) is 5.92 Å². The predicted octanol–water partition coefficient (Wildman–Crippen LogP) is 16.8. The molecule has 0 radical (unpaired) electrons. The summed E-state index contributed by atoms with van der Waals surface area (Å²) in [6.07, 6.45) is 38.1. The zero-order chi connectivity index (χ0) is 35.9. The number of ether oxygens (including phenoxy) is 2. The van der Waals surface area contributed by atoms with Gasteiger partial charge in [0, 0.05) is 15.4 Å². The van der Waals surface area contributed by atoms with Crippen LogP contribution in [0.1, 0.15) is 205 Å². The van der Waals surface area contributed by atoms with Crippen molar-refractivity contribution in [3.05, 3.63) is 56.5 Å². The number of hydrogen-bond donors (Lipinski definition) is 0. The number of benzene rings is 2. The Hall–Kier alpha value is -1.00. The summed E-state index contributed by atoms with van der Waals surface area (Å²) >= 11 is 7.50. The first-order valence-corrected chi connectivity index (χ1v) is 22.9. The topological polar surface area (TPSA) is 18.5 Å². The van der Waals surface area contributed by atoms with Crippen molar-refractivity contribution in [2.24, 2.45) is 5.92 Å². The minimum Gasteiger partial charge on any atom is -0.494 e. The third kappa shape index (κ3) is 23.5. The Balaban J connectivity index is 1.62. The van der Waals surface area contributed by atoms with Crippen LogP contribution in [-0.4, -0.2) is 13.2 Å². The van der Waals surface area contributed by atoms with Crippen LogP contribution in [0.2, 0.25) is 0 Å². The van der Waals surface area contributed by atoms with E-state index >= 15 is 0 Å². The van der Waals surface area contributed by atoms with Crippen molar-refractivity contribution in [1.29, 1.82) is 0 Å². The molecule has 0 saturated heterocycles. The lowest BCUT2D eigenvalue weighted by atomic mass is 10.0. The zero-order valence-corrected chi connectivity index (χ0v) is 36.0. The fourth-order valence-corrected chi connectivity index (χ4v) is 7.74. The van der Waals surface area contributed by atoms with E-state index in [1.54, 1.807) is 0 Å². The van der Waals surface area contributed by atoms with Gasteiger partial charge in [0.1, 0.15) is 11.5 Å². The maximum Gasteiger partial charge on any atom is 0.122 e. The molecule has 0 spiro atoms. The van der Waals surface area contributed by atoms with E-state index < -0.39 is 0 Å². The van der Waals surface area contributed by atoms with Crippen molar-refractivity contribution < 1.29 is 9.47 Å². The maximum absolute atomic E-state index is 6.45. The van der Waals surface area contributed by atoms with Crippen LogP contribution < -0.4 is 9.47 Å². The highest BCUT2D eigenvalue weighted by Crippen LogP contribution is 2.31. The van der Waals surface area contributed by atoms with Gasteiger partial charge in [0.05, 0.1) is 13.2 Å². The molecule has 0 amide bonds. The van der Waals surface area contributed by atoms with E-state index in [-0.39, 0.29) is 0 Å². The summed E-state index contributed by atoms with van der Waals surface area (Å²) in [5, 5.41) is 0. The van der Waals surface area contributed by atoms with E-state index in [1.807, 2.05) is 0 Å². The lowest BCUT2D eigenvalue weighted by molar-refractivity contribution is 0.247. The van der Waals surface area contributed by atoms with Crippen LogP contribution in [0.3, 0.4) is 0 Å². The number of halogens is 2. The van der Waals surface area contributed by atoms with E-state index in [4.69, 9.17) is 9.47 Å². The van der Waals surface area contributed by atoms with Gasteiger partial charge in [-0.3, -0.25) is 0 Å². The summed E-state index contributed by atoms with van der Waals surface area (Å²) in [7, 11) is 0. The molecule has 0 aliphatic carbocycles. The molecule has 2 nitrogen and oxygen atoms in total. The normalized spacial score (nSPS) is 12.0. The highest BCUT2D eigenvalue weighted by atomic mass is 79.9. The molecule has 0 bridgehead atoms. The molecule has 0 fully saturated rings. The van der Waals surface area contributed by atoms with E-state index in [0.717, 1.165) is 46.5 Å². The minimum atomic E-state index is 0.563. The van der Waals surface area contributed by atoms with Crippen LogP contribution in [0.15, 0.2) is 45.3 Å². The third-order valence-corrected chi connectivity index (χ3v) is 11.5. The summed E-state index contributed by atoms with van der Waals surface area (Å²) in [5.41, 5.74) is 2.44. The molecule has 2 aromatic carbocycles. The predicted molar refractivity (Wildman–Crippen MR) is 227 cm³/mol. The molecule has 286 valence electrons. The van der Waals surface area contributed by atoms with Gasteiger partial charge in [-0.25, -0.2) is 0 Å². The Bertz CT molecular complexity index is 1070. The lowest BCUT2D eigenvalue weighted by Gasteiger charge is -2.17. The van der Waals surface area contributed by atoms with Gasteiger partial charge >= 0.3 is 0 Å². The number of hydrogen-bond acceptors (Lipinski definition) is 2. The Morgan fingerprint density at radius 2 is 0.980 bits per heavy atom. The molecule has 0 aliphatic rings. The average Bonchev–Trinajstić information content (AvgIpc) is 3.11. The molecule has 50 heavy (non-hydrogen) atoms. The fourth-order valence-electron chi connectivity index (χ4n) is 6.94. The van der Waals surface area contributed by atoms with E-state index in [1.165, 1.54) is 178 Å². The molecular formula is C46H76Br2O2. The van der Waals surface area contributed by atoms with Gasteiger partial charge in [0.25, 0.3) is 0 Å². The molecule has 4 heteroatoms. The molecule has 2 aromatic rings. The third-order valence-electron chi connectivity index (χ3n) is 10.3. The summed E-state index contributed by atoms with van der Waals surface area (Å²) in [5.74, 6) is 2.52. The van der Waals surface area contributed by atoms with E-state index in [0.29, 0.717) is 5.92 Å². The average molecular weight is 821 g/mol. The highest BCUT2D eigenvalue weighted by Gasteiger charge is 2.12. The second-order valence-corrected chi connectivity index (χ2v) is 17.0. The first-order valence-electron chi connectivity index (χ1n) is 21.4. The van der Waals surface area contributed by atoms with Gasteiger partial charge < -0.3 is 9.47 Å². The Labute approximate surface area is 327 Å². The van der Waals surface area contributed by atoms with Crippen molar-refractivity contribution >= 4 is 31.9 Å². The molecule has 2 rings (SSSR count). The molecule has 0 N–H and O–H groups in total. The van der Waals surface area contributed by atoms with Gasteiger partial charge in [0.2, 0.25) is 0 Å². The zero-order valence-electron chi connectivity index (χ0n) is 32.8. The first kappa shape index (κ1) is 45.2. The second kappa shape index (κ2) is 31.5. The molecule has 0 saturated carbocycles. The fraction of sp³-hybridized carbons (Fsp3) is 0.739. The summed E-state index contributed by atoms with van der Waals surface area (Å²) < 4.78 is 14.9. The Kier molecular flexibility index (Phi) is 28.5. The van der Waals surface area contributed by atoms with Crippen LogP contribution >= 0.6 is 31.9 Å². The highest BCUT2D eigenvalue weighted by molar-refractivity contribution is 9.10. The van der Waals surface area contributed by atoms with Crippen molar-refractivity contribution in [1.82, 2.24) is 0 Å². The SMILES string of the molecule is CCCCCCCCCCCCCCCCOc1ccc(Br)c(Cc2cc(Br)ccc2OCC(C)CCCCCCCCCCCCCC)c1. The lowest BCUT2D eigenvalue weighted by Crippen LogP contribution is -2.10. The first-order chi connectivity index (χ1) is 24.5.